The molecule has 2 N–H and O–H groups in total. The molecule has 112 valence electrons. The lowest BCUT2D eigenvalue weighted by atomic mass is 10.2. The number of rotatable bonds is 2. The normalized spacial score (nSPS) is 11.7. The third-order valence-electron chi connectivity index (χ3n) is 3.39. The molecule has 1 amide bonds. The Hall–Kier alpha value is -3.06. The van der Waals surface area contributed by atoms with Crippen LogP contribution in [-0.2, 0) is 0 Å². The van der Waals surface area contributed by atoms with Crippen molar-refractivity contribution >= 4 is 43.6 Å². The number of nitrogens with one attached hydrogen (secondary N) is 1. The van der Waals surface area contributed by atoms with Crippen molar-refractivity contribution in [1.29, 1.82) is 0 Å². The van der Waals surface area contributed by atoms with Gasteiger partial charge in [-0.1, -0.05) is 29.5 Å². The van der Waals surface area contributed by atoms with Crippen LogP contribution < -0.4 is 0 Å². The molecule has 2 heterocycles. The predicted molar refractivity (Wildman–Crippen MR) is 88.4 cm³/mol. The SMILES string of the molecule is O=C(N=Nc1nc2c([nH]c3ccccc32)s1)c1ccc(O)cc1. The van der Waals surface area contributed by atoms with Crippen LogP contribution in [0, 0.1) is 0 Å². The number of H-pyrrole nitrogens is 1. The van der Waals surface area contributed by atoms with Gasteiger partial charge in [-0.25, -0.2) is 4.98 Å². The van der Waals surface area contributed by atoms with Gasteiger partial charge < -0.3 is 10.1 Å². The lowest BCUT2D eigenvalue weighted by molar-refractivity contribution is 0.0995. The first-order valence-corrected chi connectivity index (χ1v) is 7.65. The maximum absolute atomic E-state index is 11.9. The Morgan fingerprint density at radius 2 is 1.91 bits per heavy atom. The van der Waals surface area contributed by atoms with Crippen LogP contribution in [0.3, 0.4) is 0 Å². The van der Waals surface area contributed by atoms with E-state index in [0.717, 1.165) is 21.3 Å². The molecule has 2 aromatic carbocycles. The molecule has 0 spiro atoms. The summed E-state index contributed by atoms with van der Waals surface area (Å²) >= 11 is 1.34. The van der Waals surface area contributed by atoms with Crippen LogP contribution in [-0.4, -0.2) is 21.0 Å². The van der Waals surface area contributed by atoms with E-state index in [1.54, 1.807) is 0 Å². The average molecular weight is 322 g/mol. The molecule has 0 bridgehead atoms. The summed E-state index contributed by atoms with van der Waals surface area (Å²) < 4.78 is 0. The summed E-state index contributed by atoms with van der Waals surface area (Å²) in [6, 6.07) is 13.7. The minimum atomic E-state index is -0.478. The number of nitrogens with zero attached hydrogens (tertiary/aromatic N) is 3. The zero-order valence-corrected chi connectivity index (χ0v) is 12.5. The maximum Gasteiger partial charge on any atom is 0.295 e. The van der Waals surface area contributed by atoms with Crippen LogP contribution in [0.5, 0.6) is 5.75 Å². The number of fused-ring (bicyclic) bond motifs is 3. The second kappa shape index (κ2) is 5.29. The van der Waals surface area contributed by atoms with Gasteiger partial charge in [0.1, 0.15) is 16.1 Å². The molecule has 4 aromatic rings. The van der Waals surface area contributed by atoms with Gasteiger partial charge in [-0.3, -0.25) is 4.79 Å². The molecule has 0 aliphatic heterocycles. The van der Waals surface area contributed by atoms with Crippen LogP contribution in [0.4, 0.5) is 5.13 Å². The summed E-state index contributed by atoms with van der Waals surface area (Å²) in [5.74, 6) is -0.381. The highest BCUT2D eigenvalue weighted by Crippen LogP contribution is 2.33. The van der Waals surface area contributed by atoms with Crippen LogP contribution in [0.25, 0.3) is 21.3 Å². The Balaban J connectivity index is 1.64. The molecule has 0 atom stereocenters. The minimum absolute atomic E-state index is 0.0968. The minimum Gasteiger partial charge on any atom is -0.508 e. The number of phenolic OH excluding ortho intramolecular Hbond substituents is 1. The van der Waals surface area contributed by atoms with Gasteiger partial charge in [0.15, 0.2) is 0 Å². The number of aromatic nitrogens is 2. The van der Waals surface area contributed by atoms with E-state index in [2.05, 4.69) is 20.2 Å². The van der Waals surface area contributed by atoms with Crippen molar-refractivity contribution in [3.63, 3.8) is 0 Å². The molecule has 7 heteroatoms. The molecule has 6 nitrogen and oxygen atoms in total. The largest absolute Gasteiger partial charge is 0.508 e. The van der Waals surface area contributed by atoms with E-state index in [9.17, 15) is 9.90 Å². The number of amides is 1. The van der Waals surface area contributed by atoms with E-state index in [4.69, 9.17) is 0 Å². The van der Waals surface area contributed by atoms with Gasteiger partial charge in [0.05, 0.1) is 0 Å². The first kappa shape index (κ1) is 13.6. The summed E-state index contributed by atoms with van der Waals surface area (Å²) in [6.07, 6.45) is 0. The fourth-order valence-corrected chi connectivity index (χ4v) is 3.10. The van der Waals surface area contributed by atoms with E-state index in [1.807, 2.05) is 24.3 Å². The Morgan fingerprint density at radius 3 is 2.74 bits per heavy atom. The Labute approximate surface area is 134 Å². The highest BCUT2D eigenvalue weighted by atomic mass is 32.1. The lowest BCUT2D eigenvalue weighted by Crippen LogP contribution is -1.92. The molecule has 4 rings (SSSR count). The number of para-hydroxylation sites is 1. The smallest absolute Gasteiger partial charge is 0.295 e. The first-order chi connectivity index (χ1) is 11.2. The number of hydrogen-bond acceptors (Lipinski definition) is 5. The maximum atomic E-state index is 11.9. The van der Waals surface area contributed by atoms with Crippen molar-refractivity contribution in [2.45, 2.75) is 0 Å². The van der Waals surface area contributed by atoms with Gasteiger partial charge in [0.25, 0.3) is 5.91 Å². The Morgan fingerprint density at radius 1 is 1.13 bits per heavy atom. The number of benzene rings is 2. The molecule has 0 aliphatic rings. The molecule has 0 unspecified atom stereocenters. The van der Waals surface area contributed by atoms with Crippen LogP contribution in [0.1, 0.15) is 10.4 Å². The van der Waals surface area contributed by atoms with Gasteiger partial charge >= 0.3 is 0 Å². The standard InChI is InChI=1S/C16H10N4O2S/c21-10-7-5-9(6-8-10)14(22)19-20-16-18-13-11-3-1-2-4-12(11)17-15(13)23-16/h1-8,17,21H. The fourth-order valence-electron chi connectivity index (χ4n) is 2.29. The zero-order valence-electron chi connectivity index (χ0n) is 11.7. The quantitative estimate of drug-likeness (QED) is 0.536. The predicted octanol–water partition coefficient (Wildman–Crippen LogP) is 4.41. The molecule has 0 fully saturated rings. The summed E-state index contributed by atoms with van der Waals surface area (Å²) in [5, 5.41) is 18.3. The van der Waals surface area contributed by atoms with E-state index >= 15 is 0 Å². The van der Waals surface area contributed by atoms with Crippen LogP contribution >= 0.6 is 11.3 Å². The van der Waals surface area contributed by atoms with Crippen molar-refractivity contribution in [3.8, 4) is 5.75 Å². The average Bonchev–Trinajstić information content (AvgIpc) is 3.10. The molecule has 0 radical (unpaired) electrons. The van der Waals surface area contributed by atoms with Crippen molar-refractivity contribution in [2.75, 3.05) is 0 Å². The molecular weight excluding hydrogens is 312 g/mol. The van der Waals surface area contributed by atoms with E-state index in [1.165, 1.54) is 35.6 Å². The number of carbonyl (C=O) groups excluding carboxylic acids is 1. The van der Waals surface area contributed by atoms with Crippen molar-refractivity contribution in [2.24, 2.45) is 10.2 Å². The molecular formula is C16H10N4O2S. The van der Waals surface area contributed by atoms with Gasteiger partial charge in [0, 0.05) is 16.5 Å². The summed E-state index contributed by atoms with van der Waals surface area (Å²) in [5.41, 5.74) is 2.21. The highest BCUT2D eigenvalue weighted by Gasteiger charge is 2.10. The molecule has 23 heavy (non-hydrogen) atoms. The Bertz CT molecular complexity index is 1050. The third-order valence-corrected chi connectivity index (χ3v) is 4.24. The van der Waals surface area contributed by atoms with Crippen LogP contribution in [0.2, 0.25) is 0 Å². The highest BCUT2D eigenvalue weighted by molar-refractivity contribution is 7.21. The zero-order chi connectivity index (χ0) is 15.8. The molecule has 0 aliphatic carbocycles. The number of aromatic hydroxyl groups is 1. The lowest BCUT2D eigenvalue weighted by Gasteiger charge is -1.94. The van der Waals surface area contributed by atoms with Crippen molar-refractivity contribution in [1.82, 2.24) is 9.97 Å². The number of carbonyl (C=O) groups is 1. The number of aromatic amines is 1. The summed E-state index contributed by atoms with van der Waals surface area (Å²) in [4.78, 5) is 20.5. The van der Waals surface area contributed by atoms with E-state index in [0.29, 0.717) is 10.7 Å². The van der Waals surface area contributed by atoms with Crippen molar-refractivity contribution in [3.05, 3.63) is 54.1 Å². The second-order valence-corrected chi connectivity index (χ2v) is 5.87. The third kappa shape index (κ3) is 2.47. The van der Waals surface area contributed by atoms with Crippen molar-refractivity contribution < 1.29 is 9.90 Å². The monoisotopic (exact) mass is 322 g/mol. The van der Waals surface area contributed by atoms with Gasteiger partial charge in [-0.05, 0) is 30.3 Å². The first-order valence-electron chi connectivity index (χ1n) is 6.83. The number of thiazole rings is 1. The molecule has 0 saturated carbocycles. The fraction of sp³-hybridized carbons (Fsp3) is 0. The second-order valence-electron chi connectivity index (χ2n) is 4.90. The van der Waals surface area contributed by atoms with Gasteiger partial charge in [-0.2, -0.15) is 0 Å². The topological polar surface area (TPSA) is 90.7 Å². The van der Waals surface area contributed by atoms with Gasteiger partial charge in [0.2, 0.25) is 5.13 Å². The van der Waals surface area contributed by atoms with E-state index < -0.39 is 5.91 Å². The van der Waals surface area contributed by atoms with Gasteiger partial charge in [-0.15, -0.1) is 10.2 Å². The number of azo groups is 1. The molecule has 0 saturated heterocycles. The van der Waals surface area contributed by atoms with Crippen LogP contribution in [0.15, 0.2) is 58.8 Å². The summed E-state index contributed by atoms with van der Waals surface area (Å²) in [7, 11) is 0. The number of hydrogen-bond donors (Lipinski definition) is 2. The van der Waals surface area contributed by atoms with E-state index in [-0.39, 0.29) is 5.75 Å². The number of phenols is 1. The summed E-state index contributed by atoms with van der Waals surface area (Å²) in [6.45, 7) is 0. The Kier molecular flexibility index (Phi) is 3.13. The molecule has 2 aromatic heterocycles.